The molecule has 0 aliphatic heterocycles. The molecule has 4 aromatic rings. The van der Waals surface area contributed by atoms with Gasteiger partial charge in [-0.15, -0.1) is 0 Å². The van der Waals surface area contributed by atoms with E-state index in [1.165, 1.54) is 6.20 Å². The first-order chi connectivity index (χ1) is 13.4. The van der Waals surface area contributed by atoms with E-state index >= 15 is 0 Å². The number of rotatable bonds is 4. The molecular weight excluding hydrogens is 398 g/mol. The fourth-order valence-electron chi connectivity index (χ4n) is 2.85. The molecule has 0 unspecified atom stereocenters. The molecule has 0 aliphatic carbocycles. The van der Waals surface area contributed by atoms with Gasteiger partial charge >= 0.3 is 0 Å². The third-order valence-corrected chi connectivity index (χ3v) is 6.70. The quantitative estimate of drug-likeness (QED) is 0.507. The third kappa shape index (κ3) is 3.08. The number of aryl methyl sites for hydroxylation is 1. The summed E-state index contributed by atoms with van der Waals surface area (Å²) in [5.74, 6) is 0. The lowest BCUT2D eigenvalue weighted by molar-refractivity contribution is 0.111. The van der Waals surface area contributed by atoms with Gasteiger partial charge in [-0.05, 0) is 37.3 Å². The van der Waals surface area contributed by atoms with Crippen molar-refractivity contribution < 1.29 is 13.2 Å². The fraction of sp³-hybridized carbons (Fsp3) is 0.0500. The number of H-pyrrole nitrogens is 1. The van der Waals surface area contributed by atoms with Gasteiger partial charge in [0.05, 0.1) is 9.92 Å². The van der Waals surface area contributed by atoms with Crippen LogP contribution in [0.5, 0.6) is 0 Å². The molecule has 0 radical (unpaired) electrons. The number of halogens is 1. The molecule has 0 spiro atoms. The second-order valence-corrected chi connectivity index (χ2v) is 8.58. The summed E-state index contributed by atoms with van der Waals surface area (Å²) in [6, 6.07) is 11.6. The molecule has 6 nitrogen and oxygen atoms in total. The molecule has 0 aliphatic rings. The van der Waals surface area contributed by atoms with Crippen LogP contribution in [0.3, 0.4) is 0 Å². The van der Waals surface area contributed by atoms with Gasteiger partial charge in [0.2, 0.25) is 9.84 Å². The van der Waals surface area contributed by atoms with Crippen molar-refractivity contribution in [3.8, 4) is 11.3 Å². The molecule has 0 saturated heterocycles. The maximum absolute atomic E-state index is 13.0. The number of pyridine rings is 2. The Morgan fingerprint density at radius 1 is 1.04 bits per heavy atom. The molecular formula is C20H14ClN3O3S. The zero-order valence-corrected chi connectivity index (χ0v) is 16.3. The molecule has 1 N–H and O–H groups in total. The van der Waals surface area contributed by atoms with Crippen molar-refractivity contribution >= 4 is 38.8 Å². The minimum Gasteiger partial charge on any atom is -0.339 e. The van der Waals surface area contributed by atoms with E-state index in [2.05, 4.69) is 15.0 Å². The lowest BCUT2D eigenvalue weighted by Crippen LogP contribution is -2.03. The smallest absolute Gasteiger partial charge is 0.209 e. The van der Waals surface area contributed by atoms with E-state index in [9.17, 15) is 13.2 Å². The van der Waals surface area contributed by atoms with Gasteiger partial charge < -0.3 is 4.98 Å². The van der Waals surface area contributed by atoms with Gasteiger partial charge in [-0.25, -0.2) is 13.4 Å². The standard InChI is InChI=1S/C20H14ClN3O3S/c1-12-2-6-15(7-3-12)28(26,27)18-10-23-20-16(19(18)21)8-17(24-20)13-4-5-14(11-25)22-9-13/h2-11H,1H3,(H,23,24). The summed E-state index contributed by atoms with van der Waals surface area (Å²) in [5, 5.41) is 0.592. The Kier molecular flexibility index (Phi) is 4.49. The highest BCUT2D eigenvalue weighted by molar-refractivity contribution is 7.91. The number of fused-ring (bicyclic) bond motifs is 1. The molecule has 1 aromatic carbocycles. The van der Waals surface area contributed by atoms with Crippen molar-refractivity contribution in [2.75, 3.05) is 0 Å². The van der Waals surface area contributed by atoms with Crippen molar-refractivity contribution in [2.24, 2.45) is 0 Å². The zero-order valence-electron chi connectivity index (χ0n) is 14.7. The van der Waals surface area contributed by atoms with E-state index in [1.807, 2.05) is 6.92 Å². The largest absolute Gasteiger partial charge is 0.339 e. The Morgan fingerprint density at radius 2 is 1.79 bits per heavy atom. The van der Waals surface area contributed by atoms with Crippen LogP contribution < -0.4 is 0 Å². The summed E-state index contributed by atoms with van der Waals surface area (Å²) in [7, 11) is -3.80. The van der Waals surface area contributed by atoms with E-state index in [0.717, 1.165) is 11.1 Å². The predicted molar refractivity (Wildman–Crippen MR) is 106 cm³/mol. The number of sulfone groups is 1. The van der Waals surface area contributed by atoms with Gasteiger partial charge in [-0.1, -0.05) is 29.3 Å². The van der Waals surface area contributed by atoms with E-state index < -0.39 is 9.84 Å². The average Bonchev–Trinajstić information content (AvgIpc) is 3.14. The summed E-state index contributed by atoms with van der Waals surface area (Å²) in [6.07, 6.45) is 3.47. The third-order valence-electron chi connectivity index (χ3n) is 4.40. The summed E-state index contributed by atoms with van der Waals surface area (Å²) in [6.45, 7) is 1.88. The first kappa shape index (κ1) is 18.3. The van der Waals surface area contributed by atoms with Gasteiger partial charge in [0.25, 0.3) is 0 Å². The lowest BCUT2D eigenvalue weighted by atomic mass is 10.2. The number of nitrogens with one attached hydrogen (secondary N) is 1. The van der Waals surface area contributed by atoms with Crippen LogP contribution in [0.4, 0.5) is 0 Å². The molecule has 3 heterocycles. The topological polar surface area (TPSA) is 92.8 Å². The second kappa shape index (κ2) is 6.85. The van der Waals surface area contributed by atoms with Crippen molar-refractivity contribution in [1.29, 1.82) is 0 Å². The summed E-state index contributed by atoms with van der Waals surface area (Å²) >= 11 is 6.45. The molecule has 0 bridgehead atoms. The number of aldehydes is 1. The van der Waals surface area contributed by atoms with Crippen molar-refractivity contribution in [3.63, 3.8) is 0 Å². The normalized spacial score (nSPS) is 11.6. The number of nitrogens with zero attached hydrogens (tertiary/aromatic N) is 2. The second-order valence-electron chi connectivity index (χ2n) is 6.29. The lowest BCUT2D eigenvalue weighted by Gasteiger charge is -2.07. The summed E-state index contributed by atoms with van der Waals surface area (Å²) < 4.78 is 26.0. The summed E-state index contributed by atoms with van der Waals surface area (Å²) in [5.41, 5.74) is 3.13. The maximum atomic E-state index is 13.0. The first-order valence-corrected chi connectivity index (χ1v) is 10.2. The SMILES string of the molecule is Cc1ccc(S(=O)(=O)c2cnc3[nH]c(-c4ccc(C=O)nc4)cc3c2Cl)cc1. The van der Waals surface area contributed by atoms with Gasteiger partial charge in [0, 0.05) is 29.0 Å². The molecule has 28 heavy (non-hydrogen) atoms. The van der Waals surface area contributed by atoms with Gasteiger partial charge in [-0.3, -0.25) is 9.78 Å². The molecule has 3 aromatic heterocycles. The molecule has 0 fully saturated rings. The first-order valence-electron chi connectivity index (χ1n) is 8.31. The zero-order chi connectivity index (χ0) is 19.9. The number of carbonyl (C=O) groups excluding carboxylic acids is 1. The van der Waals surface area contributed by atoms with E-state index in [-0.39, 0.29) is 14.8 Å². The molecule has 4 rings (SSSR count). The van der Waals surface area contributed by atoms with Crippen LogP contribution in [0, 0.1) is 6.92 Å². The van der Waals surface area contributed by atoms with Crippen LogP contribution in [0.25, 0.3) is 22.3 Å². The minimum absolute atomic E-state index is 0.0505. The Hall–Kier alpha value is -3.03. The highest BCUT2D eigenvalue weighted by atomic mass is 35.5. The molecule has 0 amide bonds. The number of carbonyl (C=O) groups is 1. The van der Waals surface area contributed by atoms with Crippen LogP contribution in [0.2, 0.25) is 5.02 Å². The van der Waals surface area contributed by atoms with Crippen LogP contribution >= 0.6 is 11.6 Å². The van der Waals surface area contributed by atoms with Crippen LogP contribution in [0.1, 0.15) is 16.1 Å². The minimum atomic E-state index is -3.80. The van der Waals surface area contributed by atoms with Crippen LogP contribution in [-0.4, -0.2) is 29.7 Å². The van der Waals surface area contributed by atoms with Gasteiger partial charge in [-0.2, -0.15) is 0 Å². The Labute approximate surface area is 166 Å². The average molecular weight is 412 g/mol. The molecule has 8 heteroatoms. The van der Waals surface area contributed by atoms with Crippen molar-refractivity contribution in [2.45, 2.75) is 16.7 Å². The Morgan fingerprint density at radius 3 is 2.43 bits per heavy atom. The monoisotopic (exact) mass is 411 g/mol. The van der Waals surface area contributed by atoms with Gasteiger partial charge in [0.15, 0.2) is 6.29 Å². The number of aromatic nitrogens is 3. The molecule has 0 atom stereocenters. The Balaban J connectivity index is 1.82. The molecule has 0 saturated carbocycles. The van der Waals surface area contributed by atoms with Crippen LogP contribution in [-0.2, 0) is 9.84 Å². The highest BCUT2D eigenvalue weighted by Crippen LogP contribution is 2.34. The van der Waals surface area contributed by atoms with Crippen LogP contribution in [0.15, 0.2) is 64.6 Å². The number of hydrogen-bond acceptors (Lipinski definition) is 5. The number of hydrogen-bond donors (Lipinski definition) is 1. The van der Waals surface area contributed by atoms with Crippen molar-refractivity contribution in [1.82, 2.24) is 15.0 Å². The Bertz CT molecular complexity index is 1300. The van der Waals surface area contributed by atoms with Gasteiger partial charge in [0.1, 0.15) is 16.2 Å². The van der Waals surface area contributed by atoms with E-state index in [1.54, 1.807) is 48.7 Å². The number of benzene rings is 1. The van der Waals surface area contributed by atoms with E-state index in [4.69, 9.17) is 11.6 Å². The fourth-order valence-corrected chi connectivity index (χ4v) is 4.63. The summed E-state index contributed by atoms with van der Waals surface area (Å²) in [4.78, 5) is 22.2. The predicted octanol–water partition coefficient (Wildman–Crippen LogP) is 4.23. The molecule has 140 valence electrons. The number of aromatic amines is 1. The maximum Gasteiger partial charge on any atom is 0.209 e. The van der Waals surface area contributed by atoms with Crippen molar-refractivity contribution in [3.05, 3.63) is 71.1 Å². The highest BCUT2D eigenvalue weighted by Gasteiger charge is 2.23. The van der Waals surface area contributed by atoms with E-state index in [0.29, 0.717) is 28.7 Å².